The molecule has 0 radical (unpaired) electrons. The molecule has 1 aliphatic rings. The number of rotatable bonds is 2. The van der Waals surface area contributed by atoms with Crippen LogP contribution >= 0.6 is 0 Å². The lowest BCUT2D eigenvalue weighted by atomic mass is 9.99. The molecule has 86 valence electrons. The van der Waals surface area contributed by atoms with Crippen molar-refractivity contribution in [1.29, 1.82) is 0 Å². The summed E-state index contributed by atoms with van der Waals surface area (Å²) in [7, 11) is 0. The molecule has 1 aromatic heterocycles. The van der Waals surface area contributed by atoms with Crippen LogP contribution in [0.15, 0.2) is 41.2 Å². The topological polar surface area (TPSA) is 68.3 Å². The zero-order valence-corrected chi connectivity index (χ0v) is 9.14. The quantitative estimate of drug-likeness (QED) is 0.823. The van der Waals surface area contributed by atoms with Gasteiger partial charge in [0.2, 0.25) is 5.91 Å². The van der Waals surface area contributed by atoms with Gasteiger partial charge < -0.3 is 15.5 Å². The average molecular weight is 228 g/mol. The Bertz CT molecular complexity index is 561. The van der Waals surface area contributed by atoms with E-state index in [1.165, 1.54) is 0 Å². The fourth-order valence-corrected chi connectivity index (χ4v) is 2.09. The number of hydrogen-bond acceptors (Lipinski definition) is 3. The van der Waals surface area contributed by atoms with Crippen LogP contribution in [0.5, 0.6) is 0 Å². The highest BCUT2D eigenvalue weighted by Crippen LogP contribution is 2.28. The lowest BCUT2D eigenvalue weighted by molar-refractivity contribution is -0.115. The summed E-state index contributed by atoms with van der Waals surface area (Å²) in [5.41, 5.74) is 9.94. The molecule has 0 spiro atoms. The Kier molecular flexibility index (Phi) is 2.23. The van der Waals surface area contributed by atoms with E-state index in [4.69, 9.17) is 10.2 Å². The van der Waals surface area contributed by atoms with Crippen molar-refractivity contribution in [3.8, 4) is 0 Å². The Morgan fingerprint density at radius 1 is 1.29 bits per heavy atom. The number of nitrogens with one attached hydrogen (secondary N) is 1. The summed E-state index contributed by atoms with van der Waals surface area (Å²) in [5, 5.41) is 2.80. The molecular weight excluding hydrogens is 216 g/mol. The maximum Gasteiger partial charge on any atom is 0.228 e. The van der Waals surface area contributed by atoms with E-state index in [2.05, 4.69) is 5.32 Å². The Labute approximate surface area is 98.4 Å². The minimum Gasteiger partial charge on any atom is -0.472 e. The third kappa shape index (κ3) is 1.72. The number of benzene rings is 1. The van der Waals surface area contributed by atoms with Gasteiger partial charge in [0.05, 0.1) is 25.0 Å². The molecule has 0 aliphatic carbocycles. The molecule has 2 aromatic rings. The van der Waals surface area contributed by atoms with Crippen molar-refractivity contribution in [3.05, 3.63) is 53.5 Å². The Morgan fingerprint density at radius 2 is 2.18 bits per heavy atom. The van der Waals surface area contributed by atoms with E-state index in [1.54, 1.807) is 12.5 Å². The fourth-order valence-electron chi connectivity index (χ4n) is 2.09. The molecule has 2 heterocycles. The lowest BCUT2D eigenvalue weighted by Crippen LogP contribution is -2.10. The molecule has 4 heteroatoms. The van der Waals surface area contributed by atoms with Gasteiger partial charge in [0.25, 0.3) is 0 Å². The molecule has 17 heavy (non-hydrogen) atoms. The van der Waals surface area contributed by atoms with Crippen molar-refractivity contribution in [2.45, 2.75) is 12.5 Å². The van der Waals surface area contributed by atoms with Gasteiger partial charge in [-0.3, -0.25) is 4.79 Å². The van der Waals surface area contributed by atoms with Crippen LogP contribution in [0.1, 0.15) is 22.7 Å². The third-order valence-electron chi connectivity index (χ3n) is 3.02. The fraction of sp³-hybridized carbons (Fsp3) is 0.154. The van der Waals surface area contributed by atoms with Crippen LogP contribution in [0.2, 0.25) is 0 Å². The van der Waals surface area contributed by atoms with Gasteiger partial charge in [0.15, 0.2) is 0 Å². The van der Waals surface area contributed by atoms with E-state index in [-0.39, 0.29) is 11.9 Å². The molecule has 0 bridgehead atoms. The number of furan rings is 1. The average Bonchev–Trinajstić information content (AvgIpc) is 2.94. The van der Waals surface area contributed by atoms with Gasteiger partial charge in [0.1, 0.15) is 0 Å². The second-order valence-corrected chi connectivity index (χ2v) is 4.18. The summed E-state index contributed by atoms with van der Waals surface area (Å²) in [6.07, 6.45) is 3.68. The van der Waals surface area contributed by atoms with Crippen LogP contribution in [-0.2, 0) is 11.2 Å². The van der Waals surface area contributed by atoms with Crippen molar-refractivity contribution >= 4 is 11.6 Å². The molecule has 0 saturated carbocycles. The predicted octanol–water partition coefficient (Wildman–Crippen LogP) is 1.82. The maximum absolute atomic E-state index is 11.3. The van der Waals surface area contributed by atoms with E-state index in [9.17, 15) is 4.79 Å². The van der Waals surface area contributed by atoms with Gasteiger partial charge in [-0.2, -0.15) is 0 Å². The first-order valence-corrected chi connectivity index (χ1v) is 5.44. The number of carbonyl (C=O) groups is 1. The minimum absolute atomic E-state index is 0.0361. The van der Waals surface area contributed by atoms with Crippen molar-refractivity contribution in [2.75, 3.05) is 5.32 Å². The number of fused-ring (bicyclic) bond motifs is 1. The van der Waals surface area contributed by atoms with E-state index in [0.717, 1.165) is 22.4 Å². The van der Waals surface area contributed by atoms with Gasteiger partial charge in [-0.1, -0.05) is 12.1 Å². The van der Waals surface area contributed by atoms with E-state index in [0.29, 0.717) is 6.42 Å². The summed E-state index contributed by atoms with van der Waals surface area (Å²) in [6, 6.07) is 7.44. The molecule has 3 rings (SSSR count). The molecule has 0 fully saturated rings. The van der Waals surface area contributed by atoms with Gasteiger partial charge >= 0.3 is 0 Å². The Balaban J connectivity index is 1.95. The molecule has 0 saturated heterocycles. The monoisotopic (exact) mass is 228 g/mol. The molecule has 1 unspecified atom stereocenters. The number of nitrogens with two attached hydrogens (primary N) is 1. The summed E-state index contributed by atoms with van der Waals surface area (Å²) in [6.45, 7) is 0. The largest absolute Gasteiger partial charge is 0.472 e. The van der Waals surface area contributed by atoms with Crippen LogP contribution in [0, 0.1) is 0 Å². The second kappa shape index (κ2) is 3.75. The van der Waals surface area contributed by atoms with Crippen LogP contribution in [0.25, 0.3) is 0 Å². The first-order chi connectivity index (χ1) is 8.24. The first kappa shape index (κ1) is 10.1. The Morgan fingerprint density at radius 3 is 2.94 bits per heavy atom. The molecular formula is C13H12N2O2. The first-order valence-electron chi connectivity index (χ1n) is 5.44. The molecule has 1 aliphatic heterocycles. The smallest absolute Gasteiger partial charge is 0.228 e. The molecule has 4 nitrogen and oxygen atoms in total. The SMILES string of the molecule is NC(c1ccoc1)c1ccc2c(c1)CC(=O)N2. The van der Waals surface area contributed by atoms with Crippen molar-refractivity contribution < 1.29 is 9.21 Å². The van der Waals surface area contributed by atoms with Crippen LogP contribution in [0.3, 0.4) is 0 Å². The molecule has 1 atom stereocenters. The zero-order chi connectivity index (χ0) is 11.8. The van der Waals surface area contributed by atoms with Crippen LogP contribution < -0.4 is 11.1 Å². The standard InChI is InChI=1S/C13H12N2O2/c14-13(9-3-4-17-7-9)8-1-2-11-10(5-8)6-12(16)15-11/h1-5,7,13H,6,14H2,(H,15,16). The predicted molar refractivity (Wildman–Crippen MR) is 63.5 cm³/mol. The van der Waals surface area contributed by atoms with Gasteiger partial charge in [-0.25, -0.2) is 0 Å². The summed E-state index contributed by atoms with van der Waals surface area (Å²) < 4.78 is 5.02. The van der Waals surface area contributed by atoms with Gasteiger partial charge in [-0.15, -0.1) is 0 Å². The number of carbonyl (C=O) groups excluding carboxylic acids is 1. The van der Waals surface area contributed by atoms with Crippen LogP contribution in [0.4, 0.5) is 5.69 Å². The summed E-state index contributed by atoms with van der Waals surface area (Å²) in [5.74, 6) is 0.0361. The minimum atomic E-state index is -0.213. The summed E-state index contributed by atoms with van der Waals surface area (Å²) in [4.78, 5) is 11.3. The van der Waals surface area contributed by atoms with Crippen molar-refractivity contribution in [1.82, 2.24) is 0 Å². The second-order valence-electron chi connectivity index (χ2n) is 4.18. The third-order valence-corrected chi connectivity index (χ3v) is 3.02. The Hall–Kier alpha value is -2.07. The highest BCUT2D eigenvalue weighted by molar-refractivity contribution is 5.99. The highest BCUT2D eigenvalue weighted by atomic mass is 16.3. The highest BCUT2D eigenvalue weighted by Gasteiger charge is 2.19. The van der Waals surface area contributed by atoms with E-state index >= 15 is 0 Å². The zero-order valence-electron chi connectivity index (χ0n) is 9.14. The number of amides is 1. The van der Waals surface area contributed by atoms with Crippen molar-refractivity contribution in [3.63, 3.8) is 0 Å². The van der Waals surface area contributed by atoms with Crippen molar-refractivity contribution in [2.24, 2.45) is 5.73 Å². The maximum atomic E-state index is 11.3. The summed E-state index contributed by atoms with van der Waals surface area (Å²) >= 11 is 0. The molecule has 1 amide bonds. The molecule has 1 aromatic carbocycles. The van der Waals surface area contributed by atoms with E-state index in [1.807, 2.05) is 24.3 Å². The number of hydrogen-bond donors (Lipinski definition) is 2. The number of anilines is 1. The van der Waals surface area contributed by atoms with Crippen LogP contribution in [-0.4, -0.2) is 5.91 Å². The van der Waals surface area contributed by atoms with Gasteiger partial charge in [0, 0.05) is 11.3 Å². The normalized spacial score (nSPS) is 15.5. The van der Waals surface area contributed by atoms with Gasteiger partial charge in [-0.05, 0) is 23.3 Å². The van der Waals surface area contributed by atoms with E-state index < -0.39 is 0 Å². The molecule has 3 N–H and O–H groups in total. The lowest BCUT2D eigenvalue weighted by Gasteiger charge is -2.11.